The van der Waals surface area contributed by atoms with Crippen molar-refractivity contribution >= 4 is 37.6 Å². The Kier molecular flexibility index (Phi) is 4.48. The molecular formula is C24H18N2O3S. The average Bonchev–Trinajstić information content (AvgIpc) is 3.14. The minimum Gasteiger partial charge on any atom is -0.456 e. The van der Waals surface area contributed by atoms with Crippen LogP contribution in [0.25, 0.3) is 21.9 Å². The van der Waals surface area contributed by atoms with Gasteiger partial charge in [0.2, 0.25) is 0 Å². The van der Waals surface area contributed by atoms with Gasteiger partial charge in [-0.2, -0.15) is 0 Å². The van der Waals surface area contributed by atoms with Crippen molar-refractivity contribution in [3.8, 4) is 0 Å². The van der Waals surface area contributed by atoms with E-state index in [1.165, 1.54) is 0 Å². The van der Waals surface area contributed by atoms with Crippen LogP contribution >= 0.6 is 0 Å². The number of anilines is 1. The van der Waals surface area contributed by atoms with Gasteiger partial charge in [-0.25, -0.2) is 8.42 Å². The first kappa shape index (κ1) is 18.4. The molecule has 30 heavy (non-hydrogen) atoms. The van der Waals surface area contributed by atoms with Crippen molar-refractivity contribution in [3.63, 3.8) is 0 Å². The van der Waals surface area contributed by atoms with Gasteiger partial charge in [-0.15, -0.1) is 0 Å². The summed E-state index contributed by atoms with van der Waals surface area (Å²) in [5.41, 5.74) is 3.93. The lowest BCUT2D eigenvalue weighted by atomic mass is 10.1. The molecule has 0 aliphatic heterocycles. The number of hydrogen-bond acceptors (Lipinski definition) is 4. The number of para-hydroxylation sites is 1. The third-order valence-electron chi connectivity index (χ3n) is 4.98. The molecular weight excluding hydrogens is 396 g/mol. The largest absolute Gasteiger partial charge is 0.456 e. The van der Waals surface area contributed by atoms with Gasteiger partial charge in [-0.1, -0.05) is 36.4 Å². The summed E-state index contributed by atoms with van der Waals surface area (Å²) in [6.45, 7) is 0. The van der Waals surface area contributed by atoms with Crippen LogP contribution in [-0.2, 0) is 16.4 Å². The number of rotatable bonds is 5. The zero-order valence-corrected chi connectivity index (χ0v) is 16.8. The van der Waals surface area contributed by atoms with E-state index in [1.54, 1.807) is 36.5 Å². The van der Waals surface area contributed by atoms with Gasteiger partial charge in [0.1, 0.15) is 11.2 Å². The maximum Gasteiger partial charge on any atom is 0.261 e. The van der Waals surface area contributed by atoms with Crippen LogP contribution in [0.15, 0.2) is 100 Å². The molecule has 2 aromatic heterocycles. The van der Waals surface area contributed by atoms with E-state index in [9.17, 15) is 8.42 Å². The molecule has 0 unspecified atom stereocenters. The zero-order chi connectivity index (χ0) is 20.6. The van der Waals surface area contributed by atoms with Gasteiger partial charge in [-0.05, 0) is 54.1 Å². The molecule has 1 N–H and O–H groups in total. The van der Waals surface area contributed by atoms with Crippen LogP contribution in [0.2, 0.25) is 0 Å². The molecule has 2 heterocycles. The standard InChI is InChI=1S/C24H18N2O3S/c27-30(28,20-12-13-24-22(16-20)21-6-1-2-7-23(21)29-24)26-18-10-8-17(9-11-18)15-19-5-3-4-14-25-19/h1-14,16,26H,15H2. The summed E-state index contributed by atoms with van der Waals surface area (Å²) >= 11 is 0. The topological polar surface area (TPSA) is 72.2 Å². The van der Waals surface area contributed by atoms with E-state index >= 15 is 0 Å². The summed E-state index contributed by atoms with van der Waals surface area (Å²) in [5, 5.41) is 1.67. The predicted octanol–water partition coefficient (Wildman–Crippen LogP) is 5.37. The smallest absolute Gasteiger partial charge is 0.261 e. The van der Waals surface area contributed by atoms with Gasteiger partial charge >= 0.3 is 0 Å². The van der Waals surface area contributed by atoms with E-state index < -0.39 is 10.0 Å². The van der Waals surface area contributed by atoms with E-state index in [1.807, 2.05) is 54.6 Å². The maximum absolute atomic E-state index is 12.9. The third-order valence-corrected chi connectivity index (χ3v) is 6.35. The second-order valence-electron chi connectivity index (χ2n) is 7.06. The fraction of sp³-hybridized carbons (Fsp3) is 0.0417. The van der Waals surface area contributed by atoms with Crippen molar-refractivity contribution in [1.29, 1.82) is 0 Å². The minimum atomic E-state index is -3.73. The molecule has 0 radical (unpaired) electrons. The van der Waals surface area contributed by atoms with Crippen molar-refractivity contribution in [2.45, 2.75) is 11.3 Å². The molecule has 0 saturated heterocycles. The van der Waals surface area contributed by atoms with E-state index in [0.717, 1.165) is 27.6 Å². The summed E-state index contributed by atoms with van der Waals surface area (Å²) in [6, 6.07) is 25.6. The molecule has 0 amide bonds. The lowest BCUT2D eigenvalue weighted by molar-refractivity contribution is 0.601. The van der Waals surface area contributed by atoms with E-state index in [0.29, 0.717) is 17.7 Å². The van der Waals surface area contributed by atoms with Crippen LogP contribution in [0.5, 0.6) is 0 Å². The van der Waals surface area contributed by atoms with Crippen LogP contribution in [0, 0.1) is 0 Å². The summed E-state index contributed by atoms with van der Waals surface area (Å²) in [7, 11) is -3.73. The van der Waals surface area contributed by atoms with Gasteiger partial charge < -0.3 is 4.42 Å². The van der Waals surface area contributed by atoms with E-state index in [4.69, 9.17) is 4.42 Å². The molecule has 0 bridgehead atoms. The molecule has 0 aliphatic rings. The molecule has 3 aromatic carbocycles. The van der Waals surface area contributed by atoms with Gasteiger partial charge in [0, 0.05) is 34.8 Å². The average molecular weight is 414 g/mol. The summed E-state index contributed by atoms with van der Waals surface area (Å²) in [6.07, 6.45) is 2.45. The highest BCUT2D eigenvalue weighted by Gasteiger charge is 2.17. The van der Waals surface area contributed by atoms with Crippen LogP contribution in [-0.4, -0.2) is 13.4 Å². The van der Waals surface area contributed by atoms with Crippen molar-refractivity contribution < 1.29 is 12.8 Å². The highest BCUT2D eigenvalue weighted by molar-refractivity contribution is 7.92. The minimum absolute atomic E-state index is 0.194. The lowest BCUT2D eigenvalue weighted by Crippen LogP contribution is -2.12. The highest BCUT2D eigenvalue weighted by atomic mass is 32.2. The quantitative estimate of drug-likeness (QED) is 0.419. The molecule has 0 aliphatic carbocycles. The van der Waals surface area contributed by atoms with Gasteiger partial charge in [0.05, 0.1) is 4.90 Å². The van der Waals surface area contributed by atoms with Crippen molar-refractivity contribution in [1.82, 2.24) is 4.98 Å². The Bertz CT molecular complexity index is 1440. The number of fused-ring (bicyclic) bond motifs is 3. The van der Waals surface area contributed by atoms with E-state index in [2.05, 4.69) is 9.71 Å². The van der Waals surface area contributed by atoms with E-state index in [-0.39, 0.29) is 4.90 Å². The number of furan rings is 1. The normalized spacial score (nSPS) is 11.7. The first-order valence-corrected chi connectivity index (χ1v) is 11.0. The number of nitrogens with zero attached hydrogens (tertiary/aromatic N) is 1. The number of sulfonamides is 1. The first-order chi connectivity index (χ1) is 14.6. The predicted molar refractivity (Wildman–Crippen MR) is 118 cm³/mol. The van der Waals surface area contributed by atoms with Crippen LogP contribution < -0.4 is 4.72 Å². The monoisotopic (exact) mass is 414 g/mol. The number of benzene rings is 3. The van der Waals surface area contributed by atoms with Crippen LogP contribution in [0.4, 0.5) is 5.69 Å². The second-order valence-corrected chi connectivity index (χ2v) is 8.74. The first-order valence-electron chi connectivity index (χ1n) is 9.51. The fourth-order valence-electron chi connectivity index (χ4n) is 3.49. The molecule has 6 heteroatoms. The van der Waals surface area contributed by atoms with Crippen LogP contribution in [0.1, 0.15) is 11.3 Å². The molecule has 0 spiro atoms. The van der Waals surface area contributed by atoms with Crippen molar-refractivity contribution in [2.75, 3.05) is 4.72 Å². The second kappa shape index (κ2) is 7.31. The van der Waals surface area contributed by atoms with Gasteiger partial charge in [0.15, 0.2) is 0 Å². The Morgan fingerprint density at radius 1 is 0.800 bits per heavy atom. The Morgan fingerprint density at radius 3 is 2.37 bits per heavy atom. The Labute approximate surface area is 174 Å². The Morgan fingerprint density at radius 2 is 1.57 bits per heavy atom. The van der Waals surface area contributed by atoms with Gasteiger partial charge in [0.25, 0.3) is 10.0 Å². The number of pyridine rings is 1. The Balaban J connectivity index is 1.40. The molecule has 5 rings (SSSR count). The highest BCUT2D eigenvalue weighted by Crippen LogP contribution is 2.30. The molecule has 148 valence electrons. The van der Waals surface area contributed by atoms with Crippen molar-refractivity contribution in [2.24, 2.45) is 0 Å². The lowest BCUT2D eigenvalue weighted by Gasteiger charge is -2.09. The number of aromatic nitrogens is 1. The van der Waals surface area contributed by atoms with Crippen LogP contribution in [0.3, 0.4) is 0 Å². The summed E-state index contributed by atoms with van der Waals surface area (Å²) in [4.78, 5) is 4.51. The Hall–Kier alpha value is -3.64. The fourth-order valence-corrected chi connectivity index (χ4v) is 4.57. The SMILES string of the molecule is O=S(=O)(Nc1ccc(Cc2ccccn2)cc1)c1ccc2oc3ccccc3c2c1. The number of nitrogens with one attached hydrogen (secondary N) is 1. The molecule has 5 aromatic rings. The molecule has 0 saturated carbocycles. The number of hydrogen-bond donors (Lipinski definition) is 1. The summed E-state index contributed by atoms with van der Waals surface area (Å²) < 4.78 is 34.3. The molecule has 5 nitrogen and oxygen atoms in total. The van der Waals surface area contributed by atoms with Gasteiger partial charge in [-0.3, -0.25) is 9.71 Å². The third kappa shape index (κ3) is 3.53. The zero-order valence-electron chi connectivity index (χ0n) is 15.9. The molecule has 0 atom stereocenters. The van der Waals surface area contributed by atoms with Crippen molar-refractivity contribution in [3.05, 3.63) is 102 Å². The maximum atomic E-state index is 12.9. The molecule has 0 fully saturated rings. The summed E-state index contributed by atoms with van der Waals surface area (Å²) in [5.74, 6) is 0.